The minimum absolute atomic E-state index is 0.0505. The van der Waals surface area contributed by atoms with Gasteiger partial charge in [0.1, 0.15) is 0 Å². The van der Waals surface area contributed by atoms with E-state index < -0.39 is 0 Å². The van der Waals surface area contributed by atoms with Gasteiger partial charge in [0, 0.05) is 19.5 Å². The predicted octanol–water partition coefficient (Wildman–Crippen LogP) is 0.546. The lowest BCUT2D eigenvalue weighted by Gasteiger charge is -2.19. The molecule has 0 fully saturated rings. The number of carbonyl (C=O) groups excluding carboxylic acids is 1. The molecule has 0 aliphatic rings. The summed E-state index contributed by atoms with van der Waals surface area (Å²) in [5, 5.41) is 17.5. The van der Waals surface area contributed by atoms with Crippen molar-refractivity contribution in [3.05, 3.63) is 12.2 Å². The summed E-state index contributed by atoms with van der Waals surface area (Å²) in [6.07, 6.45) is 6.22. The molecule has 0 atom stereocenters. The van der Waals surface area contributed by atoms with Crippen molar-refractivity contribution >= 4 is 5.91 Å². The number of amides is 1. The lowest BCUT2D eigenvalue weighted by molar-refractivity contribution is -0.131. The summed E-state index contributed by atoms with van der Waals surface area (Å²) >= 11 is 0. The van der Waals surface area contributed by atoms with E-state index in [0.29, 0.717) is 19.5 Å². The average molecular weight is 215 g/mol. The molecular formula is C11H21NO3. The second kappa shape index (κ2) is 9.68. The van der Waals surface area contributed by atoms with E-state index in [0.717, 1.165) is 12.8 Å². The highest BCUT2D eigenvalue weighted by molar-refractivity contribution is 5.77. The molecule has 4 heteroatoms. The SMILES string of the molecule is CCC/C=C\CC(=O)N(CCO)CCO. The van der Waals surface area contributed by atoms with Crippen molar-refractivity contribution in [2.75, 3.05) is 26.3 Å². The fourth-order valence-corrected chi connectivity index (χ4v) is 1.20. The second-order valence-electron chi connectivity index (χ2n) is 3.29. The van der Waals surface area contributed by atoms with Crippen LogP contribution in [0.1, 0.15) is 26.2 Å². The summed E-state index contributed by atoms with van der Waals surface area (Å²) < 4.78 is 0. The van der Waals surface area contributed by atoms with Crippen LogP contribution in [0.2, 0.25) is 0 Å². The van der Waals surface area contributed by atoms with Crippen LogP contribution >= 0.6 is 0 Å². The van der Waals surface area contributed by atoms with Gasteiger partial charge in [-0.1, -0.05) is 25.5 Å². The molecule has 0 rings (SSSR count). The summed E-state index contributed by atoms with van der Waals surface area (Å²) in [4.78, 5) is 13.0. The molecular weight excluding hydrogens is 194 g/mol. The molecule has 4 nitrogen and oxygen atoms in total. The van der Waals surface area contributed by atoms with Crippen LogP contribution in [-0.2, 0) is 4.79 Å². The molecule has 0 aliphatic heterocycles. The van der Waals surface area contributed by atoms with Crippen LogP contribution in [-0.4, -0.2) is 47.3 Å². The van der Waals surface area contributed by atoms with Gasteiger partial charge in [-0.15, -0.1) is 0 Å². The Balaban J connectivity index is 3.90. The van der Waals surface area contributed by atoms with Gasteiger partial charge in [0.2, 0.25) is 5.91 Å². The highest BCUT2D eigenvalue weighted by Crippen LogP contribution is 1.97. The van der Waals surface area contributed by atoms with E-state index in [9.17, 15) is 4.79 Å². The van der Waals surface area contributed by atoms with Gasteiger partial charge in [-0.25, -0.2) is 0 Å². The van der Waals surface area contributed by atoms with Gasteiger partial charge in [-0.05, 0) is 6.42 Å². The molecule has 0 radical (unpaired) electrons. The number of nitrogens with zero attached hydrogens (tertiary/aromatic N) is 1. The van der Waals surface area contributed by atoms with Crippen molar-refractivity contribution in [1.29, 1.82) is 0 Å². The van der Waals surface area contributed by atoms with E-state index in [-0.39, 0.29) is 19.1 Å². The Hall–Kier alpha value is -0.870. The normalized spacial score (nSPS) is 10.9. The zero-order chi connectivity index (χ0) is 11.5. The van der Waals surface area contributed by atoms with Gasteiger partial charge in [-0.2, -0.15) is 0 Å². The van der Waals surface area contributed by atoms with Crippen molar-refractivity contribution in [1.82, 2.24) is 4.90 Å². The second-order valence-corrected chi connectivity index (χ2v) is 3.29. The summed E-state index contributed by atoms with van der Waals surface area (Å²) in [7, 11) is 0. The molecule has 2 N–H and O–H groups in total. The third-order valence-corrected chi connectivity index (χ3v) is 2.01. The van der Waals surface area contributed by atoms with E-state index in [4.69, 9.17) is 10.2 Å². The number of unbranched alkanes of at least 4 members (excludes halogenated alkanes) is 1. The first kappa shape index (κ1) is 14.1. The number of carbonyl (C=O) groups is 1. The number of hydrogen-bond donors (Lipinski definition) is 2. The third-order valence-electron chi connectivity index (χ3n) is 2.01. The van der Waals surface area contributed by atoms with Gasteiger partial charge in [0.05, 0.1) is 13.2 Å². The molecule has 0 aliphatic carbocycles. The van der Waals surface area contributed by atoms with E-state index in [1.54, 1.807) is 0 Å². The number of aliphatic hydroxyl groups excluding tert-OH is 2. The largest absolute Gasteiger partial charge is 0.395 e. The van der Waals surface area contributed by atoms with Gasteiger partial charge in [0.25, 0.3) is 0 Å². The molecule has 0 bridgehead atoms. The monoisotopic (exact) mass is 215 g/mol. The Bertz CT molecular complexity index is 186. The highest BCUT2D eigenvalue weighted by Gasteiger charge is 2.09. The van der Waals surface area contributed by atoms with Crippen LogP contribution in [0.3, 0.4) is 0 Å². The minimum Gasteiger partial charge on any atom is -0.395 e. The van der Waals surface area contributed by atoms with Crippen molar-refractivity contribution in [2.45, 2.75) is 26.2 Å². The highest BCUT2D eigenvalue weighted by atomic mass is 16.3. The summed E-state index contributed by atoms with van der Waals surface area (Å²) in [5.41, 5.74) is 0. The van der Waals surface area contributed by atoms with Crippen LogP contribution < -0.4 is 0 Å². The quantitative estimate of drug-likeness (QED) is 0.581. The number of hydrogen-bond acceptors (Lipinski definition) is 3. The van der Waals surface area contributed by atoms with Gasteiger partial charge >= 0.3 is 0 Å². The first-order valence-electron chi connectivity index (χ1n) is 5.40. The van der Waals surface area contributed by atoms with E-state index in [2.05, 4.69) is 6.92 Å². The van der Waals surface area contributed by atoms with Gasteiger partial charge in [-0.3, -0.25) is 4.79 Å². The first-order valence-corrected chi connectivity index (χ1v) is 5.40. The fraction of sp³-hybridized carbons (Fsp3) is 0.727. The molecule has 0 spiro atoms. The lowest BCUT2D eigenvalue weighted by atomic mass is 10.2. The van der Waals surface area contributed by atoms with Crippen molar-refractivity contribution < 1.29 is 15.0 Å². The molecule has 1 amide bonds. The van der Waals surface area contributed by atoms with Crippen LogP contribution in [0.5, 0.6) is 0 Å². The molecule has 0 aromatic heterocycles. The molecule has 0 saturated carbocycles. The minimum atomic E-state index is -0.0651. The lowest BCUT2D eigenvalue weighted by Crippen LogP contribution is -2.35. The maximum atomic E-state index is 11.5. The zero-order valence-corrected chi connectivity index (χ0v) is 9.35. The average Bonchev–Trinajstić information content (AvgIpc) is 2.24. The third kappa shape index (κ3) is 7.11. The predicted molar refractivity (Wildman–Crippen MR) is 59.4 cm³/mol. The maximum Gasteiger partial charge on any atom is 0.226 e. The van der Waals surface area contributed by atoms with Gasteiger partial charge < -0.3 is 15.1 Å². The smallest absolute Gasteiger partial charge is 0.226 e. The maximum absolute atomic E-state index is 11.5. The number of allylic oxidation sites excluding steroid dienone is 1. The molecule has 0 saturated heterocycles. The number of aliphatic hydroxyl groups is 2. The first-order chi connectivity index (χ1) is 7.26. The molecule has 0 heterocycles. The Kier molecular flexibility index (Phi) is 9.11. The zero-order valence-electron chi connectivity index (χ0n) is 9.35. The van der Waals surface area contributed by atoms with E-state index in [1.165, 1.54) is 4.90 Å². The van der Waals surface area contributed by atoms with Crippen LogP contribution in [0, 0.1) is 0 Å². The molecule has 0 aromatic carbocycles. The van der Waals surface area contributed by atoms with E-state index in [1.807, 2.05) is 12.2 Å². The molecule has 88 valence electrons. The van der Waals surface area contributed by atoms with Gasteiger partial charge in [0.15, 0.2) is 0 Å². The Morgan fingerprint density at radius 1 is 1.20 bits per heavy atom. The van der Waals surface area contributed by atoms with Crippen LogP contribution in [0.4, 0.5) is 0 Å². The summed E-state index contributed by atoms with van der Waals surface area (Å²) in [6.45, 7) is 2.53. The Labute approximate surface area is 91.2 Å². The topological polar surface area (TPSA) is 60.8 Å². The van der Waals surface area contributed by atoms with Crippen molar-refractivity contribution in [3.8, 4) is 0 Å². The Morgan fingerprint density at radius 2 is 1.80 bits per heavy atom. The fourth-order valence-electron chi connectivity index (χ4n) is 1.20. The number of rotatable bonds is 8. The van der Waals surface area contributed by atoms with Crippen molar-refractivity contribution in [3.63, 3.8) is 0 Å². The summed E-state index contributed by atoms with van der Waals surface area (Å²) in [6, 6.07) is 0. The van der Waals surface area contributed by atoms with Crippen molar-refractivity contribution in [2.24, 2.45) is 0 Å². The standard InChI is InChI=1S/C11H21NO3/c1-2-3-4-5-6-11(15)12(7-9-13)8-10-14/h4-5,13-14H,2-3,6-10H2,1H3/b5-4-. The van der Waals surface area contributed by atoms with Crippen LogP contribution in [0.25, 0.3) is 0 Å². The Morgan fingerprint density at radius 3 is 2.27 bits per heavy atom. The van der Waals surface area contributed by atoms with E-state index >= 15 is 0 Å². The molecule has 0 aromatic rings. The summed E-state index contributed by atoms with van der Waals surface area (Å²) in [5.74, 6) is -0.0505. The molecule has 15 heavy (non-hydrogen) atoms. The molecule has 0 unspecified atom stereocenters. The van der Waals surface area contributed by atoms with Crippen LogP contribution in [0.15, 0.2) is 12.2 Å².